The van der Waals surface area contributed by atoms with Crippen molar-refractivity contribution in [3.8, 4) is 16.9 Å². The number of hydrogen-bond donors (Lipinski definition) is 1. The molecule has 0 aliphatic rings. The zero-order valence-corrected chi connectivity index (χ0v) is 15.6. The van der Waals surface area contributed by atoms with Gasteiger partial charge < -0.3 is 14.6 Å². The first-order chi connectivity index (χ1) is 13.6. The fourth-order valence-electron chi connectivity index (χ4n) is 3.35. The van der Waals surface area contributed by atoms with Gasteiger partial charge in [0.05, 0.1) is 12.8 Å². The number of carbonyl (C=O) groups excluding carboxylic acids is 1. The second kappa shape index (κ2) is 7.19. The fourth-order valence-corrected chi connectivity index (χ4v) is 3.35. The van der Waals surface area contributed by atoms with E-state index in [4.69, 9.17) is 4.74 Å². The second-order valence-electron chi connectivity index (χ2n) is 6.55. The molecule has 3 aromatic carbocycles. The molecule has 0 aliphatic heterocycles. The van der Waals surface area contributed by atoms with Gasteiger partial charge in [0.25, 0.3) is 5.91 Å². The minimum atomic E-state index is -0.412. The van der Waals surface area contributed by atoms with Gasteiger partial charge in [-0.25, -0.2) is 4.39 Å². The van der Waals surface area contributed by atoms with Gasteiger partial charge in [0.1, 0.15) is 11.6 Å². The van der Waals surface area contributed by atoms with Crippen LogP contribution in [0.4, 0.5) is 10.1 Å². The molecule has 0 saturated heterocycles. The van der Waals surface area contributed by atoms with E-state index in [9.17, 15) is 9.18 Å². The molecule has 0 fully saturated rings. The number of halogens is 1. The van der Waals surface area contributed by atoms with Gasteiger partial charge in [0, 0.05) is 40.8 Å². The van der Waals surface area contributed by atoms with E-state index in [1.54, 1.807) is 37.4 Å². The second-order valence-corrected chi connectivity index (χ2v) is 6.55. The molecule has 0 radical (unpaired) electrons. The zero-order chi connectivity index (χ0) is 19.7. The van der Waals surface area contributed by atoms with E-state index < -0.39 is 5.82 Å². The molecule has 28 heavy (non-hydrogen) atoms. The van der Waals surface area contributed by atoms with Crippen LogP contribution in [0.5, 0.6) is 5.75 Å². The Balaban J connectivity index is 1.83. The van der Waals surface area contributed by atoms with Crippen molar-refractivity contribution >= 4 is 22.5 Å². The van der Waals surface area contributed by atoms with Crippen molar-refractivity contribution < 1.29 is 13.9 Å². The van der Waals surface area contributed by atoms with Crippen LogP contribution in [-0.4, -0.2) is 17.6 Å². The maximum absolute atomic E-state index is 14.0. The Labute approximate surface area is 162 Å². The third-order valence-corrected chi connectivity index (χ3v) is 4.75. The van der Waals surface area contributed by atoms with Gasteiger partial charge in [0.15, 0.2) is 0 Å². The van der Waals surface area contributed by atoms with Gasteiger partial charge in [-0.3, -0.25) is 4.79 Å². The SMILES string of the molecule is COc1ccc2c(c1)c(-c1ccc(F)cc1NC(=O)c1ccccc1)cn2C. The number of rotatable bonds is 4. The Morgan fingerprint density at radius 3 is 2.54 bits per heavy atom. The van der Waals surface area contributed by atoms with Crippen molar-refractivity contribution in [2.75, 3.05) is 12.4 Å². The minimum absolute atomic E-state index is 0.287. The van der Waals surface area contributed by atoms with Crippen LogP contribution in [0.25, 0.3) is 22.0 Å². The summed E-state index contributed by atoms with van der Waals surface area (Å²) in [6.45, 7) is 0. The number of benzene rings is 3. The molecule has 0 aliphatic carbocycles. The highest BCUT2D eigenvalue weighted by Gasteiger charge is 2.16. The Kier molecular flexibility index (Phi) is 4.57. The molecule has 1 N–H and O–H groups in total. The molecular formula is C23H19FN2O2. The first kappa shape index (κ1) is 17.8. The standard InChI is InChI=1S/C23H19FN2O2/c1-26-14-20(19-13-17(28-2)9-11-22(19)26)18-10-8-16(24)12-21(18)25-23(27)15-6-4-3-5-7-15/h3-14H,1-2H3,(H,25,27). The summed E-state index contributed by atoms with van der Waals surface area (Å²) in [6, 6.07) is 19.1. The first-order valence-electron chi connectivity index (χ1n) is 8.86. The van der Waals surface area contributed by atoms with E-state index in [2.05, 4.69) is 5.32 Å². The number of aromatic nitrogens is 1. The molecule has 0 atom stereocenters. The van der Waals surface area contributed by atoms with Crippen LogP contribution < -0.4 is 10.1 Å². The van der Waals surface area contributed by atoms with Crippen molar-refractivity contribution in [1.29, 1.82) is 0 Å². The minimum Gasteiger partial charge on any atom is -0.497 e. The third-order valence-electron chi connectivity index (χ3n) is 4.75. The average molecular weight is 374 g/mol. The molecule has 0 unspecified atom stereocenters. The number of carbonyl (C=O) groups is 1. The van der Waals surface area contributed by atoms with Crippen molar-refractivity contribution in [1.82, 2.24) is 4.57 Å². The van der Waals surface area contributed by atoms with E-state index in [-0.39, 0.29) is 5.91 Å². The molecule has 4 aromatic rings. The van der Waals surface area contributed by atoms with Crippen molar-refractivity contribution in [3.05, 3.63) is 84.3 Å². The number of anilines is 1. The summed E-state index contributed by atoms with van der Waals surface area (Å²) in [4.78, 5) is 12.6. The summed E-state index contributed by atoms with van der Waals surface area (Å²) in [5.41, 5.74) is 3.58. The molecular weight excluding hydrogens is 355 g/mol. The number of methoxy groups -OCH3 is 1. The molecule has 1 amide bonds. The summed E-state index contributed by atoms with van der Waals surface area (Å²) in [6.07, 6.45) is 1.97. The van der Waals surface area contributed by atoms with Crippen LogP contribution in [0.2, 0.25) is 0 Å². The van der Waals surface area contributed by atoms with Crippen LogP contribution >= 0.6 is 0 Å². The molecule has 4 nitrogen and oxygen atoms in total. The molecule has 0 bridgehead atoms. The van der Waals surface area contributed by atoms with Gasteiger partial charge in [0.2, 0.25) is 0 Å². The summed E-state index contributed by atoms with van der Waals surface area (Å²) in [5.74, 6) is 0.0344. The average Bonchev–Trinajstić information content (AvgIpc) is 3.04. The van der Waals surface area contributed by atoms with Crippen LogP contribution in [0, 0.1) is 5.82 Å². The topological polar surface area (TPSA) is 43.3 Å². The molecule has 0 saturated carbocycles. The third kappa shape index (κ3) is 3.22. The molecule has 1 heterocycles. The lowest BCUT2D eigenvalue weighted by atomic mass is 10.0. The quantitative estimate of drug-likeness (QED) is 0.530. The van der Waals surface area contributed by atoms with E-state index in [0.717, 1.165) is 27.8 Å². The number of hydrogen-bond acceptors (Lipinski definition) is 2. The van der Waals surface area contributed by atoms with Crippen LogP contribution in [-0.2, 0) is 7.05 Å². The maximum atomic E-state index is 14.0. The number of amides is 1. The Morgan fingerprint density at radius 2 is 1.79 bits per heavy atom. The number of ether oxygens (including phenoxy) is 1. The lowest BCUT2D eigenvalue weighted by Crippen LogP contribution is -2.12. The lowest BCUT2D eigenvalue weighted by Gasteiger charge is -2.11. The number of fused-ring (bicyclic) bond motifs is 1. The van der Waals surface area contributed by atoms with Gasteiger partial charge in [-0.15, -0.1) is 0 Å². The van der Waals surface area contributed by atoms with Gasteiger partial charge >= 0.3 is 0 Å². The highest BCUT2D eigenvalue weighted by Crippen LogP contribution is 2.37. The van der Waals surface area contributed by atoms with E-state index >= 15 is 0 Å². The van der Waals surface area contributed by atoms with Gasteiger partial charge in [-0.1, -0.05) is 18.2 Å². The van der Waals surface area contributed by atoms with Gasteiger partial charge in [-0.05, 0) is 48.5 Å². The maximum Gasteiger partial charge on any atom is 0.255 e. The highest BCUT2D eigenvalue weighted by atomic mass is 19.1. The van der Waals surface area contributed by atoms with Crippen LogP contribution in [0.1, 0.15) is 10.4 Å². The number of nitrogens with zero attached hydrogens (tertiary/aromatic N) is 1. The largest absolute Gasteiger partial charge is 0.497 e. The predicted molar refractivity (Wildman–Crippen MR) is 109 cm³/mol. The van der Waals surface area contributed by atoms with Crippen molar-refractivity contribution in [2.45, 2.75) is 0 Å². The molecule has 140 valence electrons. The predicted octanol–water partition coefficient (Wildman–Crippen LogP) is 5.25. The number of aryl methyl sites for hydroxylation is 1. The van der Waals surface area contributed by atoms with E-state index in [1.807, 2.05) is 42.1 Å². The highest BCUT2D eigenvalue weighted by molar-refractivity contribution is 6.08. The van der Waals surface area contributed by atoms with Gasteiger partial charge in [-0.2, -0.15) is 0 Å². The molecule has 0 spiro atoms. The van der Waals surface area contributed by atoms with E-state index in [1.165, 1.54) is 12.1 Å². The fraction of sp³-hybridized carbons (Fsp3) is 0.0870. The Bertz CT molecular complexity index is 1170. The molecule has 4 rings (SSSR count). The summed E-state index contributed by atoms with van der Waals surface area (Å²) < 4.78 is 21.3. The molecule has 1 aromatic heterocycles. The number of nitrogens with one attached hydrogen (secondary N) is 1. The monoisotopic (exact) mass is 374 g/mol. The molecule has 5 heteroatoms. The Hall–Kier alpha value is -3.60. The normalized spacial score (nSPS) is 10.8. The summed E-state index contributed by atoms with van der Waals surface area (Å²) >= 11 is 0. The summed E-state index contributed by atoms with van der Waals surface area (Å²) in [7, 11) is 3.57. The van der Waals surface area contributed by atoms with Crippen molar-refractivity contribution in [3.63, 3.8) is 0 Å². The lowest BCUT2D eigenvalue weighted by molar-refractivity contribution is 0.102. The van der Waals surface area contributed by atoms with Crippen LogP contribution in [0.15, 0.2) is 72.9 Å². The van der Waals surface area contributed by atoms with E-state index in [0.29, 0.717) is 11.3 Å². The van der Waals surface area contributed by atoms with Crippen LogP contribution in [0.3, 0.4) is 0 Å². The first-order valence-corrected chi connectivity index (χ1v) is 8.86. The zero-order valence-electron chi connectivity index (χ0n) is 15.6. The van der Waals surface area contributed by atoms with Crippen molar-refractivity contribution in [2.24, 2.45) is 7.05 Å². The smallest absolute Gasteiger partial charge is 0.255 e. The Morgan fingerprint density at radius 1 is 1.00 bits per heavy atom. The summed E-state index contributed by atoms with van der Waals surface area (Å²) in [5, 5.41) is 3.81.